The fraction of sp³-hybridized carbons (Fsp3) is 0.400. The standard InChI is InChI=1S/C20H23Cl2NO5/c1-4-28-20(25)16-12(2)23-15(11-27-10-9-21)18(19(24)26-3)17(16)13-7-5-6-8-14(13)22/h5-8,17,23H,4,9-11H2,1-3H3. The molecule has 1 N–H and O–H groups in total. The van der Waals surface area contributed by atoms with E-state index in [0.29, 0.717) is 40.0 Å². The molecule has 6 nitrogen and oxygen atoms in total. The summed E-state index contributed by atoms with van der Waals surface area (Å²) < 4.78 is 15.8. The number of methoxy groups -OCH3 is 1. The number of rotatable bonds is 8. The molecular formula is C20H23Cl2NO5. The van der Waals surface area contributed by atoms with Gasteiger partial charge in [-0.2, -0.15) is 0 Å². The first-order valence-electron chi connectivity index (χ1n) is 8.80. The number of esters is 2. The van der Waals surface area contributed by atoms with Crippen LogP contribution in [0.2, 0.25) is 5.02 Å². The zero-order valence-corrected chi connectivity index (χ0v) is 17.5. The highest BCUT2D eigenvalue weighted by Crippen LogP contribution is 2.41. The lowest BCUT2D eigenvalue weighted by Crippen LogP contribution is -2.34. The van der Waals surface area contributed by atoms with E-state index in [0.717, 1.165) is 0 Å². The van der Waals surface area contributed by atoms with Crippen LogP contribution in [0, 0.1) is 0 Å². The Bertz CT molecular complexity index is 804. The molecule has 1 heterocycles. The number of halogens is 2. The monoisotopic (exact) mass is 427 g/mol. The molecule has 0 spiro atoms. The van der Waals surface area contributed by atoms with Crippen molar-refractivity contribution in [2.45, 2.75) is 19.8 Å². The lowest BCUT2D eigenvalue weighted by atomic mass is 9.80. The third-order valence-electron chi connectivity index (χ3n) is 4.23. The molecule has 1 aliphatic rings. The SMILES string of the molecule is CCOC(=O)C1=C(C)NC(COCCCl)=C(C(=O)OC)C1c1ccccc1Cl. The van der Waals surface area contributed by atoms with E-state index in [1.807, 2.05) is 0 Å². The molecule has 1 atom stereocenters. The Morgan fingerprint density at radius 1 is 1.18 bits per heavy atom. The number of ether oxygens (including phenoxy) is 3. The predicted octanol–water partition coefficient (Wildman–Crippen LogP) is 3.55. The minimum absolute atomic E-state index is 0.103. The Hall–Kier alpha value is -2.02. The molecule has 1 unspecified atom stereocenters. The predicted molar refractivity (Wildman–Crippen MR) is 107 cm³/mol. The first kappa shape index (κ1) is 22.3. The minimum atomic E-state index is -0.754. The van der Waals surface area contributed by atoms with Crippen LogP contribution in [0.4, 0.5) is 0 Å². The van der Waals surface area contributed by atoms with Crippen LogP contribution in [0.1, 0.15) is 25.3 Å². The van der Waals surface area contributed by atoms with E-state index in [4.69, 9.17) is 37.4 Å². The summed E-state index contributed by atoms with van der Waals surface area (Å²) in [4.78, 5) is 25.5. The summed E-state index contributed by atoms with van der Waals surface area (Å²) in [5.41, 5.74) is 2.20. The van der Waals surface area contributed by atoms with Gasteiger partial charge in [0.15, 0.2) is 0 Å². The summed E-state index contributed by atoms with van der Waals surface area (Å²) in [5.74, 6) is -1.55. The van der Waals surface area contributed by atoms with Gasteiger partial charge < -0.3 is 19.5 Å². The van der Waals surface area contributed by atoms with Crippen LogP contribution in [0.15, 0.2) is 46.8 Å². The Morgan fingerprint density at radius 2 is 1.89 bits per heavy atom. The van der Waals surface area contributed by atoms with Crippen LogP contribution in [0.3, 0.4) is 0 Å². The highest BCUT2D eigenvalue weighted by Gasteiger charge is 2.39. The van der Waals surface area contributed by atoms with E-state index in [2.05, 4.69) is 5.32 Å². The van der Waals surface area contributed by atoms with Crippen LogP contribution in [-0.4, -0.2) is 44.7 Å². The van der Waals surface area contributed by atoms with Gasteiger partial charge in [0.25, 0.3) is 0 Å². The number of allylic oxidation sites excluding steroid dienone is 1. The zero-order chi connectivity index (χ0) is 20.7. The van der Waals surface area contributed by atoms with Crippen molar-refractivity contribution < 1.29 is 23.8 Å². The number of hydrogen-bond donors (Lipinski definition) is 1. The van der Waals surface area contributed by atoms with Crippen molar-refractivity contribution in [3.63, 3.8) is 0 Å². The second-order valence-electron chi connectivity index (χ2n) is 5.96. The minimum Gasteiger partial charge on any atom is -0.466 e. The maximum Gasteiger partial charge on any atom is 0.336 e. The van der Waals surface area contributed by atoms with Crippen molar-refractivity contribution in [2.75, 3.05) is 32.8 Å². The largest absolute Gasteiger partial charge is 0.466 e. The molecule has 28 heavy (non-hydrogen) atoms. The smallest absolute Gasteiger partial charge is 0.336 e. The van der Waals surface area contributed by atoms with E-state index in [-0.39, 0.29) is 18.8 Å². The third-order valence-corrected chi connectivity index (χ3v) is 4.73. The highest BCUT2D eigenvalue weighted by molar-refractivity contribution is 6.31. The molecule has 0 saturated carbocycles. The lowest BCUT2D eigenvalue weighted by Gasteiger charge is -2.31. The Morgan fingerprint density at radius 3 is 2.50 bits per heavy atom. The summed E-state index contributed by atoms with van der Waals surface area (Å²) >= 11 is 12.1. The molecule has 1 aromatic carbocycles. The molecule has 0 saturated heterocycles. The first-order valence-corrected chi connectivity index (χ1v) is 9.71. The summed E-state index contributed by atoms with van der Waals surface area (Å²) in [6, 6.07) is 7.04. The number of hydrogen-bond acceptors (Lipinski definition) is 6. The highest BCUT2D eigenvalue weighted by atomic mass is 35.5. The molecule has 0 aliphatic carbocycles. The van der Waals surface area contributed by atoms with Gasteiger partial charge in [-0.25, -0.2) is 9.59 Å². The van der Waals surface area contributed by atoms with Gasteiger partial charge in [0.1, 0.15) is 0 Å². The Labute approximate surface area is 174 Å². The number of nitrogens with one attached hydrogen (secondary N) is 1. The molecule has 8 heteroatoms. The van der Waals surface area contributed by atoms with Crippen molar-refractivity contribution in [1.29, 1.82) is 0 Å². The molecule has 0 bridgehead atoms. The van der Waals surface area contributed by atoms with Gasteiger partial charge in [-0.1, -0.05) is 29.8 Å². The van der Waals surface area contributed by atoms with Gasteiger partial charge >= 0.3 is 11.9 Å². The van der Waals surface area contributed by atoms with Gasteiger partial charge in [-0.3, -0.25) is 0 Å². The average molecular weight is 428 g/mol. The number of alkyl halides is 1. The van der Waals surface area contributed by atoms with Crippen LogP contribution in [0.5, 0.6) is 0 Å². The van der Waals surface area contributed by atoms with Gasteiger partial charge in [-0.15, -0.1) is 11.6 Å². The topological polar surface area (TPSA) is 73.9 Å². The normalized spacial score (nSPS) is 16.7. The average Bonchev–Trinajstić information content (AvgIpc) is 2.67. The number of carbonyl (C=O) groups excluding carboxylic acids is 2. The second-order valence-corrected chi connectivity index (χ2v) is 6.75. The van der Waals surface area contributed by atoms with Crippen molar-refractivity contribution in [1.82, 2.24) is 5.32 Å². The van der Waals surface area contributed by atoms with E-state index in [1.54, 1.807) is 38.1 Å². The summed E-state index contributed by atoms with van der Waals surface area (Å²) in [7, 11) is 1.28. The maximum atomic E-state index is 12.7. The molecule has 0 amide bonds. The molecular weight excluding hydrogens is 405 g/mol. The van der Waals surface area contributed by atoms with Crippen LogP contribution >= 0.6 is 23.2 Å². The summed E-state index contributed by atoms with van der Waals surface area (Å²) in [5, 5.41) is 3.52. The second kappa shape index (κ2) is 10.5. The molecule has 1 aromatic rings. The molecule has 0 radical (unpaired) electrons. The Balaban J connectivity index is 2.66. The fourth-order valence-corrected chi connectivity index (χ4v) is 3.44. The van der Waals surface area contributed by atoms with E-state index < -0.39 is 17.9 Å². The zero-order valence-electron chi connectivity index (χ0n) is 16.0. The van der Waals surface area contributed by atoms with Gasteiger partial charge in [0.05, 0.1) is 49.7 Å². The Kier molecular flexibility index (Phi) is 8.35. The lowest BCUT2D eigenvalue weighted by molar-refractivity contribution is -0.139. The van der Waals surface area contributed by atoms with Crippen LogP contribution < -0.4 is 5.32 Å². The van der Waals surface area contributed by atoms with Gasteiger partial charge in [0, 0.05) is 16.6 Å². The quantitative estimate of drug-likeness (QED) is 0.388. The molecule has 0 fully saturated rings. The summed E-state index contributed by atoms with van der Waals surface area (Å²) in [6.07, 6.45) is 0. The van der Waals surface area contributed by atoms with Crippen molar-refractivity contribution in [3.05, 3.63) is 57.4 Å². The molecule has 2 rings (SSSR count). The van der Waals surface area contributed by atoms with Crippen LogP contribution in [0.25, 0.3) is 0 Å². The fourth-order valence-electron chi connectivity index (χ4n) is 3.09. The van der Waals surface area contributed by atoms with Crippen molar-refractivity contribution >= 4 is 35.1 Å². The van der Waals surface area contributed by atoms with Crippen molar-refractivity contribution in [3.8, 4) is 0 Å². The number of carbonyl (C=O) groups is 2. The third kappa shape index (κ3) is 4.87. The number of dihydropyridines is 1. The van der Waals surface area contributed by atoms with E-state index in [1.165, 1.54) is 7.11 Å². The van der Waals surface area contributed by atoms with Gasteiger partial charge in [0.2, 0.25) is 0 Å². The van der Waals surface area contributed by atoms with E-state index in [9.17, 15) is 9.59 Å². The molecule has 0 aromatic heterocycles. The molecule has 1 aliphatic heterocycles. The number of benzene rings is 1. The molecule has 152 valence electrons. The first-order chi connectivity index (χ1) is 13.5. The summed E-state index contributed by atoms with van der Waals surface area (Å²) in [6.45, 7) is 4.08. The van der Waals surface area contributed by atoms with Gasteiger partial charge in [-0.05, 0) is 25.5 Å². The van der Waals surface area contributed by atoms with Crippen LogP contribution in [-0.2, 0) is 23.8 Å². The maximum absolute atomic E-state index is 12.7. The van der Waals surface area contributed by atoms with Crippen molar-refractivity contribution in [2.24, 2.45) is 0 Å². The van der Waals surface area contributed by atoms with E-state index >= 15 is 0 Å².